The van der Waals surface area contributed by atoms with Gasteiger partial charge in [0.2, 0.25) is 5.78 Å². The van der Waals surface area contributed by atoms with E-state index in [1.165, 1.54) is 19.9 Å². The monoisotopic (exact) mass is 441 g/mol. The standard InChI is InChI=1S/C25H31NO6/c1-14(2)13-31-20-10-8-19(12-21(20)30-7)9-11-22(28)32-18(6)25(29)24-15(3)23(17(5)27)16(4)26-24/h8-12,14,18,26H,13H2,1-7H3. The topological polar surface area (TPSA) is 94.7 Å². The van der Waals surface area contributed by atoms with Gasteiger partial charge in [0.15, 0.2) is 23.4 Å². The summed E-state index contributed by atoms with van der Waals surface area (Å²) in [7, 11) is 1.55. The highest BCUT2D eigenvalue weighted by Gasteiger charge is 2.25. The summed E-state index contributed by atoms with van der Waals surface area (Å²) in [6.07, 6.45) is 1.82. The van der Waals surface area contributed by atoms with Crippen LogP contribution in [0.1, 0.15) is 65.4 Å². The molecule has 0 aliphatic carbocycles. The molecule has 2 aromatic rings. The van der Waals surface area contributed by atoms with Gasteiger partial charge in [-0.3, -0.25) is 9.59 Å². The summed E-state index contributed by atoms with van der Waals surface area (Å²) in [5.74, 6) is 0.390. The molecule has 0 bridgehead atoms. The molecule has 1 unspecified atom stereocenters. The van der Waals surface area contributed by atoms with Gasteiger partial charge in [-0.1, -0.05) is 19.9 Å². The number of benzene rings is 1. The number of aryl methyl sites for hydroxylation is 1. The van der Waals surface area contributed by atoms with Gasteiger partial charge in [0.25, 0.3) is 0 Å². The number of carbonyl (C=O) groups is 3. The zero-order valence-electron chi connectivity index (χ0n) is 19.7. The van der Waals surface area contributed by atoms with Crippen molar-refractivity contribution in [2.45, 2.75) is 47.6 Å². The molecule has 7 nitrogen and oxygen atoms in total. The number of nitrogens with one attached hydrogen (secondary N) is 1. The van der Waals surface area contributed by atoms with Gasteiger partial charge < -0.3 is 19.2 Å². The zero-order valence-corrected chi connectivity index (χ0v) is 19.7. The number of aromatic amines is 1. The quantitative estimate of drug-likeness (QED) is 0.326. The molecule has 172 valence electrons. The lowest BCUT2D eigenvalue weighted by atomic mass is 10.0. The molecule has 1 atom stereocenters. The van der Waals surface area contributed by atoms with Crippen LogP contribution in [0.5, 0.6) is 11.5 Å². The van der Waals surface area contributed by atoms with E-state index in [-0.39, 0.29) is 11.5 Å². The van der Waals surface area contributed by atoms with Gasteiger partial charge in [-0.05, 0) is 62.9 Å². The van der Waals surface area contributed by atoms with Crippen molar-refractivity contribution in [1.82, 2.24) is 4.98 Å². The predicted molar refractivity (Wildman–Crippen MR) is 123 cm³/mol. The van der Waals surface area contributed by atoms with E-state index in [9.17, 15) is 14.4 Å². The van der Waals surface area contributed by atoms with Gasteiger partial charge in [0, 0.05) is 17.3 Å². The number of hydrogen-bond donors (Lipinski definition) is 1. The van der Waals surface area contributed by atoms with Crippen LogP contribution in [0.2, 0.25) is 0 Å². The van der Waals surface area contributed by atoms with Crippen molar-refractivity contribution in [3.8, 4) is 11.5 Å². The summed E-state index contributed by atoms with van der Waals surface area (Å²) in [6.45, 7) is 11.1. The van der Waals surface area contributed by atoms with E-state index in [4.69, 9.17) is 14.2 Å². The number of aromatic nitrogens is 1. The molecule has 0 aliphatic heterocycles. The summed E-state index contributed by atoms with van der Waals surface area (Å²) in [5.41, 5.74) is 2.66. The van der Waals surface area contributed by atoms with Crippen molar-refractivity contribution in [2.75, 3.05) is 13.7 Å². The Kier molecular flexibility index (Phi) is 8.41. The SMILES string of the molecule is COc1cc(C=CC(=O)OC(C)C(=O)c2[nH]c(C)c(C(C)=O)c2C)ccc1OCC(C)C. The van der Waals surface area contributed by atoms with Crippen LogP contribution < -0.4 is 9.47 Å². The van der Waals surface area contributed by atoms with E-state index < -0.39 is 17.9 Å². The van der Waals surface area contributed by atoms with Crippen LogP contribution in [0.15, 0.2) is 24.3 Å². The normalized spacial score (nSPS) is 12.1. The smallest absolute Gasteiger partial charge is 0.331 e. The fourth-order valence-corrected chi connectivity index (χ4v) is 3.32. The molecule has 0 saturated carbocycles. The van der Waals surface area contributed by atoms with Gasteiger partial charge in [-0.25, -0.2) is 4.79 Å². The average Bonchev–Trinajstić information content (AvgIpc) is 3.04. The molecule has 2 rings (SSSR count). The third-order valence-corrected chi connectivity index (χ3v) is 4.87. The van der Waals surface area contributed by atoms with Crippen molar-refractivity contribution >= 4 is 23.6 Å². The predicted octanol–water partition coefficient (Wildman–Crippen LogP) is 4.71. The number of hydrogen-bond acceptors (Lipinski definition) is 6. The lowest BCUT2D eigenvalue weighted by molar-refractivity contribution is -0.140. The molecule has 32 heavy (non-hydrogen) atoms. The van der Waals surface area contributed by atoms with Crippen LogP contribution >= 0.6 is 0 Å². The maximum atomic E-state index is 12.7. The Labute approximate surface area is 188 Å². The lowest BCUT2D eigenvalue weighted by Gasteiger charge is -2.13. The number of methoxy groups -OCH3 is 1. The minimum Gasteiger partial charge on any atom is -0.493 e. The summed E-state index contributed by atoms with van der Waals surface area (Å²) < 4.78 is 16.3. The number of H-pyrrole nitrogens is 1. The highest BCUT2D eigenvalue weighted by molar-refractivity contribution is 6.05. The fraction of sp³-hybridized carbons (Fsp3) is 0.400. The molecular formula is C25H31NO6. The molecule has 1 N–H and O–H groups in total. The second kappa shape index (κ2) is 10.8. The van der Waals surface area contributed by atoms with Gasteiger partial charge in [0.1, 0.15) is 0 Å². The molecule has 0 amide bonds. The van der Waals surface area contributed by atoms with E-state index in [0.717, 1.165) is 5.56 Å². The largest absolute Gasteiger partial charge is 0.493 e. The van der Waals surface area contributed by atoms with Crippen LogP contribution in [0.25, 0.3) is 6.08 Å². The Balaban J connectivity index is 2.06. The van der Waals surface area contributed by atoms with Crippen LogP contribution in [0, 0.1) is 19.8 Å². The van der Waals surface area contributed by atoms with Crippen LogP contribution in [0.3, 0.4) is 0 Å². The average molecular weight is 442 g/mol. The Morgan fingerprint density at radius 2 is 1.78 bits per heavy atom. The van der Waals surface area contributed by atoms with Gasteiger partial charge in [-0.2, -0.15) is 0 Å². The first-order valence-electron chi connectivity index (χ1n) is 10.5. The summed E-state index contributed by atoms with van der Waals surface area (Å²) in [4.78, 5) is 39.7. The fourth-order valence-electron chi connectivity index (χ4n) is 3.32. The molecule has 7 heteroatoms. The number of ether oxygens (including phenoxy) is 3. The summed E-state index contributed by atoms with van der Waals surface area (Å²) >= 11 is 0. The highest BCUT2D eigenvalue weighted by Crippen LogP contribution is 2.29. The molecule has 1 heterocycles. The van der Waals surface area contributed by atoms with E-state index in [1.807, 2.05) is 0 Å². The van der Waals surface area contributed by atoms with E-state index in [1.54, 1.807) is 45.2 Å². The highest BCUT2D eigenvalue weighted by atomic mass is 16.5. The van der Waals surface area contributed by atoms with Crippen molar-refractivity contribution in [2.24, 2.45) is 5.92 Å². The maximum Gasteiger partial charge on any atom is 0.331 e. The molecule has 1 aromatic carbocycles. The summed E-state index contributed by atoms with van der Waals surface area (Å²) in [5, 5.41) is 0. The molecule has 0 spiro atoms. The maximum absolute atomic E-state index is 12.7. The van der Waals surface area contributed by atoms with Crippen molar-refractivity contribution in [1.29, 1.82) is 0 Å². The Morgan fingerprint density at radius 3 is 2.34 bits per heavy atom. The molecule has 0 fully saturated rings. The van der Waals surface area contributed by atoms with Crippen LogP contribution in [0.4, 0.5) is 0 Å². The van der Waals surface area contributed by atoms with Gasteiger partial charge in [0.05, 0.1) is 19.4 Å². The van der Waals surface area contributed by atoms with E-state index in [0.29, 0.717) is 40.8 Å². The van der Waals surface area contributed by atoms with Crippen LogP contribution in [-0.2, 0) is 9.53 Å². The third kappa shape index (κ3) is 6.09. The number of ketones is 2. The number of esters is 1. The Morgan fingerprint density at radius 1 is 1.09 bits per heavy atom. The first kappa shape index (κ1) is 24.9. The van der Waals surface area contributed by atoms with Crippen molar-refractivity contribution in [3.05, 3.63) is 52.4 Å². The molecule has 0 saturated heterocycles. The zero-order chi connectivity index (χ0) is 24.0. The first-order valence-corrected chi connectivity index (χ1v) is 10.5. The van der Waals surface area contributed by atoms with E-state index in [2.05, 4.69) is 18.8 Å². The Bertz CT molecular complexity index is 1030. The molecular weight excluding hydrogens is 410 g/mol. The molecule has 0 radical (unpaired) electrons. The molecule has 1 aromatic heterocycles. The second-order valence-corrected chi connectivity index (χ2v) is 8.07. The first-order chi connectivity index (χ1) is 15.0. The second-order valence-electron chi connectivity index (χ2n) is 8.07. The van der Waals surface area contributed by atoms with Gasteiger partial charge in [-0.15, -0.1) is 0 Å². The van der Waals surface area contributed by atoms with Crippen molar-refractivity contribution in [3.63, 3.8) is 0 Å². The number of Topliss-reactive ketones (excluding diaryl/α,β-unsaturated/α-hetero) is 2. The number of rotatable bonds is 10. The van der Waals surface area contributed by atoms with Gasteiger partial charge >= 0.3 is 5.97 Å². The van der Waals surface area contributed by atoms with E-state index >= 15 is 0 Å². The lowest BCUT2D eigenvalue weighted by Crippen LogP contribution is -2.24. The minimum atomic E-state index is -1.01. The van der Waals surface area contributed by atoms with Crippen molar-refractivity contribution < 1.29 is 28.6 Å². The summed E-state index contributed by atoms with van der Waals surface area (Å²) in [6, 6.07) is 5.33. The minimum absolute atomic E-state index is 0.126. The third-order valence-electron chi connectivity index (χ3n) is 4.87. The number of carbonyl (C=O) groups excluding carboxylic acids is 3. The van der Waals surface area contributed by atoms with Crippen LogP contribution in [-0.4, -0.2) is 42.3 Å². The Hall–Kier alpha value is -3.35. The molecule has 0 aliphatic rings.